The highest BCUT2D eigenvalue weighted by atomic mass is 32.2. The minimum Gasteiger partial charge on any atom is -0.467 e. The first-order chi connectivity index (χ1) is 10.8. The van der Waals surface area contributed by atoms with E-state index in [-0.39, 0.29) is 4.90 Å². The van der Waals surface area contributed by atoms with Crippen molar-refractivity contribution in [1.82, 2.24) is 4.31 Å². The van der Waals surface area contributed by atoms with Gasteiger partial charge in [-0.05, 0) is 32.4 Å². The second kappa shape index (κ2) is 8.59. The van der Waals surface area contributed by atoms with Crippen LogP contribution in [0.5, 0.6) is 0 Å². The van der Waals surface area contributed by atoms with Gasteiger partial charge < -0.3 is 4.74 Å². The van der Waals surface area contributed by atoms with Crippen LogP contribution < -0.4 is 0 Å². The van der Waals surface area contributed by atoms with Crippen molar-refractivity contribution in [2.45, 2.75) is 51.0 Å². The average Bonchev–Trinajstić information content (AvgIpc) is 2.53. The second-order valence-corrected chi connectivity index (χ2v) is 7.02. The second-order valence-electron chi connectivity index (χ2n) is 5.21. The Balaban J connectivity index is 3.22. The summed E-state index contributed by atoms with van der Waals surface area (Å²) in [5, 5.41) is 0. The number of benzene rings is 1. The summed E-state index contributed by atoms with van der Waals surface area (Å²) in [5.74, 6) is 2.17. The average molecular weight is 337 g/mol. The van der Waals surface area contributed by atoms with Crippen molar-refractivity contribution >= 4 is 16.0 Å². The lowest BCUT2D eigenvalue weighted by Crippen LogP contribution is -2.40. The van der Waals surface area contributed by atoms with Crippen LogP contribution >= 0.6 is 0 Å². The number of esters is 1. The first-order valence-corrected chi connectivity index (χ1v) is 8.96. The van der Waals surface area contributed by atoms with Crippen LogP contribution in [0.4, 0.5) is 0 Å². The van der Waals surface area contributed by atoms with E-state index in [1.807, 2.05) is 13.8 Å². The Morgan fingerprint density at radius 2 is 1.91 bits per heavy atom. The van der Waals surface area contributed by atoms with Crippen LogP contribution in [-0.2, 0) is 19.6 Å². The summed E-state index contributed by atoms with van der Waals surface area (Å²) in [6, 6.07) is 8.04. The van der Waals surface area contributed by atoms with Crippen LogP contribution in [0.25, 0.3) is 0 Å². The number of rotatable bonds is 6. The zero-order chi connectivity index (χ0) is 17.5. The summed E-state index contributed by atoms with van der Waals surface area (Å²) in [5.41, 5.74) is 0.950. The predicted octanol–water partition coefficient (Wildman–Crippen LogP) is 2.70. The number of nitrogens with zero attached hydrogens (tertiary/aromatic N) is 1. The van der Waals surface area contributed by atoms with Gasteiger partial charge in [-0.3, -0.25) is 0 Å². The number of carbonyl (C=O) groups is 1. The Kier molecular flexibility index (Phi) is 7.11. The van der Waals surface area contributed by atoms with Crippen molar-refractivity contribution in [3.05, 3.63) is 29.8 Å². The van der Waals surface area contributed by atoms with Gasteiger partial charge in [0.15, 0.2) is 0 Å². The fourth-order valence-corrected chi connectivity index (χ4v) is 3.25. The lowest BCUT2D eigenvalue weighted by Gasteiger charge is -2.23. The van der Waals surface area contributed by atoms with Gasteiger partial charge in [0.2, 0.25) is 0 Å². The molecule has 0 heterocycles. The highest BCUT2D eigenvalue weighted by molar-refractivity contribution is 7.89. The van der Waals surface area contributed by atoms with E-state index in [9.17, 15) is 13.2 Å². The van der Waals surface area contributed by atoms with Crippen LogP contribution in [0, 0.1) is 18.9 Å². The summed E-state index contributed by atoms with van der Waals surface area (Å²) in [4.78, 5) is 11.9. The third-order valence-corrected chi connectivity index (χ3v) is 5.11. The summed E-state index contributed by atoms with van der Waals surface area (Å²) in [7, 11) is -2.68. The molecule has 0 saturated heterocycles. The molecule has 126 valence electrons. The maximum atomic E-state index is 12.8. The molecule has 0 unspecified atom stereocenters. The Labute approximate surface area is 138 Å². The zero-order valence-electron chi connectivity index (χ0n) is 14.0. The predicted molar refractivity (Wildman–Crippen MR) is 89.0 cm³/mol. The lowest BCUT2D eigenvalue weighted by molar-refractivity contribution is -0.143. The number of sulfonamides is 1. The van der Waals surface area contributed by atoms with Crippen LogP contribution in [0.3, 0.4) is 0 Å². The molecule has 0 radical (unpaired) electrons. The Hall–Kier alpha value is -2.00. The summed E-state index contributed by atoms with van der Waals surface area (Å²) < 4.78 is 31.1. The molecule has 0 N–H and O–H groups in total. The van der Waals surface area contributed by atoms with E-state index in [1.165, 1.54) is 26.2 Å². The molecular weight excluding hydrogens is 314 g/mol. The van der Waals surface area contributed by atoms with E-state index < -0.39 is 22.0 Å². The Bertz CT molecular complexity index is 684. The smallest absolute Gasteiger partial charge is 0.330 e. The molecule has 0 fully saturated rings. The van der Waals surface area contributed by atoms with Gasteiger partial charge in [0.1, 0.15) is 6.04 Å². The monoisotopic (exact) mass is 337 g/mol. The molecule has 0 spiro atoms. The molecule has 5 nitrogen and oxygen atoms in total. The molecule has 0 bridgehead atoms. The standard InChI is InChI=1S/C17H23NO4S/c1-5-6-7-8-13-18(15(3)17(19)22-4)23(20,21)16-11-9-14(2)10-12-16/h9-12,15H,5-7H2,1-4H3/t15-/m0/s1. The molecule has 0 aliphatic rings. The molecule has 1 atom stereocenters. The normalized spacial score (nSPS) is 12.0. The van der Waals surface area contributed by atoms with Gasteiger partial charge in [0.25, 0.3) is 10.0 Å². The Morgan fingerprint density at radius 1 is 1.30 bits per heavy atom. The molecule has 6 heteroatoms. The van der Waals surface area contributed by atoms with Crippen molar-refractivity contribution in [2.75, 3.05) is 7.11 Å². The van der Waals surface area contributed by atoms with Crippen molar-refractivity contribution in [3.8, 4) is 12.0 Å². The molecule has 23 heavy (non-hydrogen) atoms. The lowest BCUT2D eigenvalue weighted by atomic mass is 10.2. The molecule has 0 aliphatic heterocycles. The number of carbonyl (C=O) groups excluding carboxylic acids is 1. The van der Waals surface area contributed by atoms with E-state index in [0.717, 1.165) is 22.7 Å². The van der Waals surface area contributed by atoms with E-state index >= 15 is 0 Å². The van der Waals surface area contributed by atoms with Crippen molar-refractivity contribution in [2.24, 2.45) is 0 Å². The van der Waals surface area contributed by atoms with Crippen LogP contribution in [0.15, 0.2) is 29.2 Å². The fraction of sp³-hybridized carbons (Fsp3) is 0.471. The molecule has 0 aliphatic carbocycles. The van der Waals surface area contributed by atoms with E-state index in [2.05, 4.69) is 16.7 Å². The minimum absolute atomic E-state index is 0.101. The first-order valence-electron chi connectivity index (χ1n) is 7.52. The molecule has 0 amide bonds. The summed E-state index contributed by atoms with van der Waals surface area (Å²) in [6.45, 7) is 5.36. The number of aryl methyl sites for hydroxylation is 1. The topological polar surface area (TPSA) is 63.7 Å². The van der Waals surface area contributed by atoms with Crippen molar-refractivity contribution < 1.29 is 17.9 Å². The third-order valence-electron chi connectivity index (χ3n) is 3.32. The van der Waals surface area contributed by atoms with E-state index in [1.54, 1.807) is 12.1 Å². The maximum Gasteiger partial charge on any atom is 0.330 e. The largest absolute Gasteiger partial charge is 0.467 e. The molecular formula is C17H23NO4S. The number of ether oxygens (including phenoxy) is 1. The summed E-state index contributed by atoms with van der Waals surface area (Å²) in [6.07, 6.45) is 2.41. The molecule has 1 aromatic carbocycles. The quantitative estimate of drug-likeness (QED) is 0.346. The van der Waals surface area contributed by atoms with Crippen LogP contribution in [0.2, 0.25) is 0 Å². The van der Waals surface area contributed by atoms with Gasteiger partial charge >= 0.3 is 5.97 Å². The zero-order valence-corrected chi connectivity index (χ0v) is 14.8. The van der Waals surface area contributed by atoms with Gasteiger partial charge in [-0.25, -0.2) is 17.5 Å². The number of unbranched alkanes of at least 4 members (excludes halogenated alkanes) is 2. The molecule has 1 rings (SSSR count). The number of hydrogen-bond acceptors (Lipinski definition) is 4. The number of hydrogen-bond donors (Lipinski definition) is 0. The highest BCUT2D eigenvalue weighted by Gasteiger charge is 2.31. The number of methoxy groups -OCH3 is 1. The van der Waals surface area contributed by atoms with E-state index in [4.69, 9.17) is 0 Å². The SMILES string of the molecule is CCCCC#CN([C@@H](C)C(=O)OC)S(=O)(=O)c1ccc(C)cc1. The summed E-state index contributed by atoms with van der Waals surface area (Å²) >= 11 is 0. The third kappa shape index (κ3) is 5.00. The van der Waals surface area contributed by atoms with Gasteiger partial charge in [0.05, 0.1) is 12.0 Å². The molecule has 1 aromatic rings. The van der Waals surface area contributed by atoms with Gasteiger partial charge in [-0.1, -0.05) is 37.0 Å². The first kappa shape index (κ1) is 19.0. The van der Waals surface area contributed by atoms with Gasteiger partial charge in [-0.2, -0.15) is 0 Å². The van der Waals surface area contributed by atoms with Crippen molar-refractivity contribution in [1.29, 1.82) is 0 Å². The Morgan fingerprint density at radius 3 is 2.43 bits per heavy atom. The molecule has 0 saturated carbocycles. The van der Waals surface area contributed by atoms with Gasteiger partial charge in [-0.15, -0.1) is 0 Å². The minimum atomic E-state index is -3.90. The van der Waals surface area contributed by atoms with Crippen molar-refractivity contribution in [3.63, 3.8) is 0 Å². The van der Waals surface area contributed by atoms with Crippen LogP contribution in [-0.4, -0.2) is 31.8 Å². The van der Waals surface area contributed by atoms with Crippen LogP contribution in [0.1, 0.15) is 38.7 Å². The fourth-order valence-electron chi connectivity index (χ4n) is 1.85. The van der Waals surface area contributed by atoms with Gasteiger partial charge in [0, 0.05) is 12.5 Å². The van der Waals surface area contributed by atoms with E-state index in [0.29, 0.717) is 6.42 Å². The maximum absolute atomic E-state index is 12.8. The highest BCUT2D eigenvalue weighted by Crippen LogP contribution is 2.19. The molecule has 0 aromatic heterocycles.